The molecule has 1 aliphatic heterocycles. The number of fused-ring (bicyclic) bond motifs is 1. The number of hydrogen-bond acceptors (Lipinski definition) is 5. The van der Waals surface area contributed by atoms with E-state index >= 15 is 0 Å². The molecule has 2 N–H and O–H groups in total. The summed E-state index contributed by atoms with van der Waals surface area (Å²) in [6.45, 7) is 0.997. The molecule has 0 aliphatic carbocycles. The van der Waals surface area contributed by atoms with Crippen molar-refractivity contribution >= 4 is 17.4 Å². The summed E-state index contributed by atoms with van der Waals surface area (Å²) in [7, 11) is 0. The van der Waals surface area contributed by atoms with Gasteiger partial charge in [0.15, 0.2) is 5.16 Å². The Morgan fingerprint density at radius 1 is 1.22 bits per heavy atom. The second-order valence-corrected chi connectivity index (χ2v) is 5.32. The first-order valence-corrected chi connectivity index (χ1v) is 6.96. The van der Waals surface area contributed by atoms with Crippen molar-refractivity contribution in [2.75, 3.05) is 5.73 Å². The quantitative estimate of drug-likeness (QED) is 0.896. The average molecular weight is 261 g/mol. The van der Waals surface area contributed by atoms with Gasteiger partial charge in [0, 0.05) is 19.2 Å². The number of aryl methyl sites for hydroxylation is 1. The van der Waals surface area contributed by atoms with Gasteiger partial charge in [-0.2, -0.15) is 0 Å². The van der Waals surface area contributed by atoms with Crippen LogP contribution in [-0.4, -0.2) is 19.7 Å². The molecule has 0 saturated heterocycles. The van der Waals surface area contributed by atoms with E-state index in [4.69, 9.17) is 5.73 Å². The highest BCUT2D eigenvalue weighted by Crippen LogP contribution is 2.30. The van der Waals surface area contributed by atoms with Crippen LogP contribution in [0.1, 0.15) is 25.1 Å². The van der Waals surface area contributed by atoms with E-state index in [2.05, 4.69) is 19.7 Å². The lowest BCUT2D eigenvalue weighted by Gasteiger charge is -2.06. The van der Waals surface area contributed by atoms with E-state index in [1.165, 1.54) is 31.0 Å². The van der Waals surface area contributed by atoms with Gasteiger partial charge < -0.3 is 10.3 Å². The Morgan fingerprint density at radius 3 is 3.06 bits per heavy atom. The van der Waals surface area contributed by atoms with Crippen LogP contribution in [0.2, 0.25) is 0 Å². The Bertz CT molecular complexity index is 551. The molecule has 0 aromatic carbocycles. The Morgan fingerprint density at radius 2 is 2.17 bits per heavy atom. The number of pyridine rings is 1. The fourth-order valence-corrected chi connectivity index (χ4v) is 2.97. The van der Waals surface area contributed by atoms with Gasteiger partial charge in [0.1, 0.15) is 10.9 Å². The summed E-state index contributed by atoms with van der Waals surface area (Å²) >= 11 is 1.50. The maximum Gasteiger partial charge on any atom is 0.197 e. The van der Waals surface area contributed by atoms with Crippen molar-refractivity contribution < 1.29 is 0 Å². The van der Waals surface area contributed by atoms with Crippen LogP contribution in [0.15, 0.2) is 28.5 Å². The molecule has 0 spiro atoms. The molecule has 0 bridgehead atoms. The molecule has 0 amide bonds. The number of nitrogens with two attached hydrogens (primary N) is 1. The van der Waals surface area contributed by atoms with Crippen molar-refractivity contribution in [3.05, 3.63) is 24.2 Å². The van der Waals surface area contributed by atoms with Gasteiger partial charge in [-0.1, -0.05) is 6.42 Å². The zero-order valence-electron chi connectivity index (χ0n) is 10.0. The summed E-state index contributed by atoms with van der Waals surface area (Å²) in [4.78, 5) is 4.28. The minimum Gasteiger partial charge on any atom is -0.397 e. The zero-order valence-corrected chi connectivity index (χ0v) is 10.9. The average Bonchev–Trinajstić information content (AvgIpc) is 2.62. The third-order valence-electron chi connectivity index (χ3n) is 3.06. The standard InChI is InChI=1S/C12H15N5S/c13-9-5-4-7-14-11(9)18-12-16-15-10-6-2-1-3-8-17(10)12/h4-5,7H,1-3,6,8,13H2. The number of hydrogen-bond donors (Lipinski definition) is 1. The molecule has 5 nitrogen and oxygen atoms in total. The zero-order chi connectivity index (χ0) is 12.4. The number of rotatable bonds is 2. The molecule has 3 rings (SSSR count). The molecule has 6 heteroatoms. The number of nitrogen functional groups attached to an aromatic ring is 1. The second-order valence-electron chi connectivity index (χ2n) is 4.36. The van der Waals surface area contributed by atoms with Crippen molar-refractivity contribution in [1.29, 1.82) is 0 Å². The first kappa shape index (κ1) is 11.5. The molecule has 3 heterocycles. The Labute approximate surface area is 110 Å². The summed E-state index contributed by atoms with van der Waals surface area (Å²) in [6.07, 6.45) is 6.42. The maximum absolute atomic E-state index is 5.90. The highest BCUT2D eigenvalue weighted by Gasteiger charge is 2.16. The summed E-state index contributed by atoms with van der Waals surface area (Å²) < 4.78 is 2.20. The summed E-state index contributed by atoms with van der Waals surface area (Å²) in [5.74, 6) is 1.09. The molecule has 1 aliphatic rings. The van der Waals surface area contributed by atoms with Gasteiger partial charge in [0.25, 0.3) is 0 Å². The lowest BCUT2D eigenvalue weighted by molar-refractivity contribution is 0.590. The van der Waals surface area contributed by atoms with Gasteiger partial charge in [0.2, 0.25) is 0 Å². The normalized spacial score (nSPS) is 15.1. The van der Waals surface area contributed by atoms with E-state index < -0.39 is 0 Å². The van der Waals surface area contributed by atoms with Crippen molar-refractivity contribution in [2.45, 2.75) is 42.4 Å². The molecule has 2 aromatic heterocycles. The largest absolute Gasteiger partial charge is 0.397 e. The lowest BCUT2D eigenvalue weighted by atomic mass is 10.2. The van der Waals surface area contributed by atoms with Gasteiger partial charge in [-0.3, -0.25) is 0 Å². The molecule has 94 valence electrons. The third kappa shape index (κ3) is 2.20. The Balaban J connectivity index is 1.89. The van der Waals surface area contributed by atoms with Gasteiger partial charge in [-0.25, -0.2) is 4.98 Å². The molecular weight excluding hydrogens is 246 g/mol. The lowest BCUT2D eigenvalue weighted by Crippen LogP contribution is -2.02. The minimum atomic E-state index is 0.688. The second kappa shape index (κ2) is 4.97. The third-order valence-corrected chi connectivity index (χ3v) is 4.08. The smallest absolute Gasteiger partial charge is 0.197 e. The van der Waals surface area contributed by atoms with E-state index in [1.54, 1.807) is 6.20 Å². The molecule has 0 radical (unpaired) electrons. The van der Waals surface area contributed by atoms with Crippen LogP contribution in [0.25, 0.3) is 0 Å². The van der Waals surface area contributed by atoms with Crippen LogP contribution in [-0.2, 0) is 13.0 Å². The monoisotopic (exact) mass is 261 g/mol. The SMILES string of the molecule is Nc1cccnc1Sc1nnc2n1CCCCC2. The number of anilines is 1. The van der Waals surface area contributed by atoms with Gasteiger partial charge >= 0.3 is 0 Å². The highest BCUT2D eigenvalue weighted by atomic mass is 32.2. The maximum atomic E-state index is 5.90. The van der Waals surface area contributed by atoms with Crippen LogP contribution in [0.4, 0.5) is 5.69 Å². The molecule has 0 unspecified atom stereocenters. The van der Waals surface area contributed by atoms with Gasteiger partial charge in [0.05, 0.1) is 5.69 Å². The van der Waals surface area contributed by atoms with Crippen LogP contribution < -0.4 is 5.73 Å². The fraction of sp³-hybridized carbons (Fsp3) is 0.417. The van der Waals surface area contributed by atoms with E-state index in [-0.39, 0.29) is 0 Å². The van der Waals surface area contributed by atoms with Gasteiger partial charge in [-0.15, -0.1) is 10.2 Å². The van der Waals surface area contributed by atoms with E-state index in [1.807, 2.05) is 12.1 Å². The van der Waals surface area contributed by atoms with E-state index in [9.17, 15) is 0 Å². The molecule has 18 heavy (non-hydrogen) atoms. The van der Waals surface area contributed by atoms with Crippen LogP contribution in [0, 0.1) is 0 Å². The van der Waals surface area contributed by atoms with Crippen LogP contribution in [0.3, 0.4) is 0 Å². The van der Waals surface area contributed by atoms with E-state index in [0.29, 0.717) is 5.69 Å². The highest BCUT2D eigenvalue weighted by molar-refractivity contribution is 7.99. The Kier molecular flexibility index (Phi) is 3.19. The Hall–Kier alpha value is -1.56. The van der Waals surface area contributed by atoms with Crippen molar-refractivity contribution in [2.24, 2.45) is 0 Å². The van der Waals surface area contributed by atoms with Crippen LogP contribution in [0.5, 0.6) is 0 Å². The van der Waals surface area contributed by atoms with E-state index in [0.717, 1.165) is 29.0 Å². The van der Waals surface area contributed by atoms with Gasteiger partial charge in [-0.05, 0) is 36.7 Å². The number of aromatic nitrogens is 4. The molecule has 2 aromatic rings. The van der Waals surface area contributed by atoms with Crippen molar-refractivity contribution in [3.63, 3.8) is 0 Å². The van der Waals surface area contributed by atoms with Crippen molar-refractivity contribution in [1.82, 2.24) is 19.7 Å². The van der Waals surface area contributed by atoms with Crippen LogP contribution >= 0.6 is 11.8 Å². The topological polar surface area (TPSA) is 69.6 Å². The molecule has 0 atom stereocenters. The molecule has 0 saturated carbocycles. The first-order chi connectivity index (χ1) is 8.84. The summed E-state index contributed by atoms with van der Waals surface area (Å²) in [6, 6.07) is 3.69. The molecule has 0 fully saturated rings. The predicted molar refractivity (Wildman–Crippen MR) is 70.3 cm³/mol. The first-order valence-electron chi connectivity index (χ1n) is 6.15. The predicted octanol–water partition coefficient (Wildman–Crippen LogP) is 2.13. The number of nitrogens with zero attached hydrogens (tertiary/aromatic N) is 4. The summed E-state index contributed by atoms with van der Waals surface area (Å²) in [5, 5.41) is 10.2. The summed E-state index contributed by atoms with van der Waals surface area (Å²) in [5.41, 5.74) is 6.59. The fourth-order valence-electron chi connectivity index (χ4n) is 2.11. The molecular formula is C12H15N5S. The minimum absolute atomic E-state index is 0.688. The van der Waals surface area contributed by atoms with Crippen molar-refractivity contribution in [3.8, 4) is 0 Å².